The molecule has 0 unspecified atom stereocenters. The molecular formula is C13H15BrN4O4S. The summed E-state index contributed by atoms with van der Waals surface area (Å²) in [6, 6.07) is 0. The predicted molar refractivity (Wildman–Crippen MR) is 86.4 cm³/mol. The van der Waals surface area contributed by atoms with E-state index in [9.17, 15) is 9.90 Å². The third-order valence-electron chi connectivity index (χ3n) is 3.54. The Hall–Kier alpha value is -1.23. The number of carbonyl (C=O) groups is 1. The van der Waals surface area contributed by atoms with E-state index in [1.807, 2.05) is 6.26 Å². The van der Waals surface area contributed by atoms with Gasteiger partial charge in [-0.2, -0.15) is 0 Å². The zero-order chi connectivity index (χ0) is 16.6. The van der Waals surface area contributed by atoms with Gasteiger partial charge in [0, 0.05) is 6.92 Å². The number of hydrogen-bond donors (Lipinski definition) is 1. The highest BCUT2D eigenvalue weighted by Crippen LogP contribution is 2.37. The SMILES string of the molecule is CSc1ncnc2c1ncn2[C@@H]1O[C@H](CO)[C@H](Br)[C@H]1OC(C)=O. The molecule has 3 rings (SSSR count). The second-order valence-electron chi connectivity index (χ2n) is 4.97. The van der Waals surface area contributed by atoms with Gasteiger partial charge in [0.1, 0.15) is 16.9 Å². The number of aliphatic hydroxyl groups is 1. The number of ether oxygens (including phenoxy) is 2. The van der Waals surface area contributed by atoms with Crippen LogP contribution in [0, 0.1) is 0 Å². The van der Waals surface area contributed by atoms with Gasteiger partial charge in [-0.3, -0.25) is 9.36 Å². The lowest BCUT2D eigenvalue weighted by atomic mass is 10.2. The van der Waals surface area contributed by atoms with Gasteiger partial charge < -0.3 is 14.6 Å². The van der Waals surface area contributed by atoms with Crippen LogP contribution in [-0.4, -0.2) is 60.5 Å². The average Bonchev–Trinajstić information content (AvgIpc) is 3.09. The molecule has 1 aliphatic rings. The Morgan fingerprint density at radius 1 is 1.52 bits per heavy atom. The quantitative estimate of drug-likeness (QED) is 0.351. The zero-order valence-corrected chi connectivity index (χ0v) is 14.8. The van der Waals surface area contributed by atoms with E-state index in [2.05, 4.69) is 30.9 Å². The summed E-state index contributed by atoms with van der Waals surface area (Å²) in [5, 5.41) is 10.2. The number of esters is 1. The number of alkyl halides is 1. The molecule has 1 N–H and O–H groups in total. The largest absolute Gasteiger partial charge is 0.456 e. The fraction of sp³-hybridized carbons (Fsp3) is 0.538. The Morgan fingerprint density at radius 2 is 2.30 bits per heavy atom. The van der Waals surface area contributed by atoms with Crippen LogP contribution in [0.5, 0.6) is 0 Å². The van der Waals surface area contributed by atoms with Crippen molar-refractivity contribution in [1.82, 2.24) is 19.5 Å². The van der Waals surface area contributed by atoms with Gasteiger partial charge in [0.2, 0.25) is 0 Å². The van der Waals surface area contributed by atoms with Crippen molar-refractivity contribution < 1.29 is 19.4 Å². The van der Waals surface area contributed by atoms with E-state index < -0.39 is 24.4 Å². The van der Waals surface area contributed by atoms with Gasteiger partial charge in [-0.1, -0.05) is 15.9 Å². The van der Waals surface area contributed by atoms with Crippen LogP contribution in [-0.2, 0) is 14.3 Å². The van der Waals surface area contributed by atoms with Crippen molar-refractivity contribution in [2.24, 2.45) is 0 Å². The fourth-order valence-corrected chi connectivity index (χ4v) is 3.70. The number of thioether (sulfide) groups is 1. The minimum absolute atomic E-state index is 0.193. The number of halogens is 1. The highest BCUT2D eigenvalue weighted by molar-refractivity contribution is 9.09. The minimum Gasteiger partial charge on any atom is -0.456 e. The molecule has 0 aromatic carbocycles. The maximum absolute atomic E-state index is 11.4. The Balaban J connectivity index is 2.03. The summed E-state index contributed by atoms with van der Waals surface area (Å²) < 4.78 is 12.9. The van der Waals surface area contributed by atoms with Gasteiger partial charge in [0.05, 0.1) is 23.9 Å². The van der Waals surface area contributed by atoms with E-state index in [4.69, 9.17) is 9.47 Å². The predicted octanol–water partition coefficient (Wildman–Crippen LogP) is 1.13. The van der Waals surface area contributed by atoms with Crippen LogP contribution in [0.1, 0.15) is 13.2 Å². The molecule has 10 heteroatoms. The lowest BCUT2D eigenvalue weighted by Crippen LogP contribution is -2.32. The number of aliphatic hydroxyl groups excluding tert-OH is 1. The number of nitrogens with zero attached hydrogens (tertiary/aromatic N) is 4. The first kappa shape index (κ1) is 16.6. The van der Waals surface area contributed by atoms with Crippen LogP contribution in [0.15, 0.2) is 17.7 Å². The Morgan fingerprint density at radius 3 is 2.96 bits per heavy atom. The molecule has 0 amide bonds. The molecule has 8 nitrogen and oxygen atoms in total. The van der Waals surface area contributed by atoms with Crippen LogP contribution in [0.4, 0.5) is 0 Å². The number of carbonyl (C=O) groups excluding carboxylic acids is 1. The van der Waals surface area contributed by atoms with Crippen molar-refractivity contribution in [3.8, 4) is 0 Å². The van der Waals surface area contributed by atoms with Crippen LogP contribution < -0.4 is 0 Å². The number of fused-ring (bicyclic) bond motifs is 1. The summed E-state index contributed by atoms with van der Waals surface area (Å²) in [5.74, 6) is -0.421. The zero-order valence-electron chi connectivity index (χ0n) is 12.4. The Bertz CT molecular complexity index is 727. The first-order valence-corrected chi connectivity index (χ1v) is 9.00. The molecule has 2 aromatic heterocycles. The molecule has 0 saturated carbocycles. The third-order valence-corrected chi connectivity index (χ3v) is 5.34. The molecule has 1 saturated heterocycles. The molecule has 23 heavy (non-hydrogen) atoms. The van der Waals surface area contributed by atoms with Gasteiger partial charge in [-0.25, -0.2) is 15.0 Å². The molecule has 1 aliphatic heterocycles. The minimum atomic E-state index is -0.630. The topological polar surface area (TPSA) is 99.4 Å². The van der Waals surface area contributed by atoms with E-state index in [1.54, 1.807) is 10.9 Å². The smallest absolute Gasteiger partial charge is 0.303 e. The number of rotatable bonds is 4. The first-order chi connectivity index (χ1) is 11.1. The summed E-state index contributed by atoms with van der Waals surface area (Å²) in [4.78, 5) is 23.9. The lowest BCUT2D eigenvalue weighted by Gasteiger charge is -2.21. The number of imidazole rings is 1. The molecule has 0 radical (unpaired) electrons. The molecule has 1 fully saturated rings. The van der Waals surface area contributed by atoms with Crippen molar-refractivity contribution in [3.63, 3.8) is 0 Å². The Labute approximate surface area is 144 Å². The highest BCUT2D eigenvalue weighted by atomic mass is 79.9. The van der Waals surface area contributed by atoms with Crippen molar-refractivity contribution >= 4 is 44.8 Å². The molecule has 0 aliphatic carbocycles. The summed E-state index contributed by atoms with van der Waals surface area (Å²) in [6.07, 6.45) is 3.22. The Kier molecular flexibility index (Phi) is 4.85. The van der Waals surface area contributed by atoms with Crippen molar-refractivity contribution in [1.29, 1.82) is 0 Å². The summed E-state index contributed by atoms with van der Waals surface area (Å²) >= 11 is 4.91. The fourth-order valence-electron chi connectivity index (χ4n) is 2.55. The highest BCUT2D eigenvalue weighted by Gasteiger charge is 2.46. The molecular weight excluding hydrogens is 388 g/mol. The molecule has 0 spiro atoms. The number of hydrogen-bond acceptors (Lipinski definition) is 8. The van der Waals surface area contributed by atoms with Gasteiger partial charge in [-0.05, 0) is 6.26 Å². The monoisotopic (exact) mass is 402 g/mol. The molecule has 124 valence electrons. The van der Waals surface area contributed by atoms with E-state index in [0.717, 1.165) is 5.03 Å². The van der Waals surface area contributed by atoms with Gasteiger partial charge in [0.25, 0.3) is 0 Å². The maximum Gasteiger partial charge on any atom is 0.303 e. The molecule has 3 heterocycles. The second-order valence-corrected chi connectivity index (χ2v) is 6.83. The lowest BCUT2D eigenvalue weighted by molar-refractivity contribution is -0.152. The average molecular weight is 403 g/mol. The van der Waals surface area contributed by atoms with Crippen LogP contribution in [0.2, 0.25) is 0 Å². The molecule has 2 aromatic rings. The third kappa shape index (κ3) is 2.95. The summed E-state index contributed by atoms with van der Waals surface area (Å²) in [6.45, 7) is 1.14. The van der Waals surface area contributed by atoms with Crippen molar-refractivity contribution in [2.75, 3.05) is 12.9 Å². The van der Waals surface area contributed by atoms with Crippen LogP contribution in [0.3, 0.4) is 0 Å². The van der Waals surface area contributed by atoms with Gasteiger partial charge in [0.15, 0.2) is 18.0 Å². The van der Waals surface area contributed by atoms with E-state index >= 15 is 0 Å². The van der Waals surface area contributed by atoms with E-state index in [1.165, 1.54) is 25.0 Å². The summed E-state index contributed by atoms with van der Waals surface area (Å²) in [7, 11) is 0. The van der Waals surface area contributed by atoms with Gasteiger partial charge >= 0.3 is 5.97 Å². The molecule has 0 bridgehead atoms. The van der Waals surface area contributed by atoms with E-state index in [0.29, 0.717) is 11.2 Å². The summed E-state index contributed by atoms with van der Waals surface area (Å²) in [5.41, 5.74) is 1.24. The van der Waals surface area contributed by atoms with E-state index in [-0.39, 0.29) is 11.4 Å². The number of aromatic nitrogens is 4. The van der Waals surface area contributed by atoms with Crippen molar-refractivity contribution in [3.05, 3.63) is 12.7 Å². The maximum atomic E-state index is 11.4. The van der Waals surface area contributed by atoms with Crippen LogP contribution in [0.25, 0.3) is 11.2 Å². The standard InChI is InChI=1S/C13H15BrN4O4S/c1-6(20)21-10-8(14)7(3-19)22-13(10)18-5-17-9-11(18)15-4-16-12(9)23-2/h4-5,7-8,10,13,19H,3H2,1-2H3/t7-,8+,10-,13-/m1/s1. The first-order valence-electron chi connectivity index (χ1n) is 6.86. The van der Waals surface area contributed by atoms with Gasteiger partial charge in [-0.15, -0.1) is 11.8 Å². The molecule has 4 atom stereocenters. The normalized spacial score (nSPS) is 27.5. The van der Waals surface area contributed by atoms with Crippen molar-refractivity contribution in [2.45, 2.75) is 35.2 Å². The second kappa shape index (κ2) is 6.71. The van der Waals surface area contributed by atoms with Crippen LogP contribution >= 0.6 is 27.7 Å².